The van der Waals surface area contributed by atoms with Crippen molar-refractivity contribution in [2.75, 3.05) is 32.8 Å². The smallest absolute Gasteiger partial charge is 0.270 e. The Bertz CT molecular complexity index is 872. The number of carbonyl (C=O) groups is 1. The van der Waals surface area contributed by atoms with Crippen molar-refractivity contribution in [1.29, 1.82) is 0 Å². The van der Waals surface area contributed by atoms with E-state index in [0.29, 0.717) is 31.1 Å². The molecule has 1 aliphatic rings. The van der Waals surface area contributed by atoms with Crippen LogP contribution in [-0.2, 0) is 10.0 Å². The first-order valence-electron chi connectivity index (χ1n) is 8.28. The summed E-state index contributed by atoms with van der Waals surface area (Å²) in [4.78, 5) is 17.2. The molecule has 0 bridgehead atoms. The van der Waals surface area contributed by atoms with E-state index in [-0.39, 0.29) is 23.9 Å². The Balaban J connectivity index is 1.65. The quantitative estimate of drug-likeness (QED) is 0.771. The van der Waals surface area contributed by atoms with Crippen molar-refractivity contribution >= 4 is 31.9 Å². The lowest BCUT2D eigenvalue weighted by Crippen LogP contribution is -2.50. The largest absolute Gasteiger partial charge is 0.494 e. The van der Waals surface area contributed by atoms with Gasteiger partial charge >= 0.3 is 0 Å². The van der Waals surface area contributed by atoms with E-state index in [9.17, 15) is 13.2 Å². The van der Waals surface area contributed by atoms with E-state index in [2.05, 4.69) is 20.9 Å². The molecule has 0 saturated carbocycles. The number of nitrogens with zero attached hydrogens (tertiary/aromatic N) is 2. The Labute approximate surface area is 161 Å². The molecule has 0 radical (unpaired) electrons. The van der Waals surface area contributed by atoms with Crippen molar-refractivity contribution in [1.82, 2.24) is 14.2 Å². The number of amides is 1. The molecule has 1 saturated heterocycles. The van der Waals surface area contributed by atoms with Gasteiger partial charge in [-0.1, -0.05) is 0 Å². The molecule has 1 amide bonds. The van der Waals surface area contributed by atoms with Gasteiger partial charge in [-0.15, -0.1) is 0 Å². The van der Waals surface area contributed by atoms with Gasteiger partial charge in [0.2, 0.25) is 10.0 Å². The van der Waals surface area contributed by atoms with E-state index >= 15 is 0 Å². The fourth-order valence-corrected chi connectivity index (χ4v) is 4.58. The van der Waals surface area contributed by atoms with Crippen molar-refractivity contribution in [2.24, 2.45) is 0 Å². The molecule has 3 rings (SSSR count). The van der Waals surface area contributed by atoms with Crippen molar-refractivity contribution in [3.05, 3.63) is 46.7 Å². The average Bonchev–Trinajstić information content (AvgIpc) is 3.08. The van der Waals surface area contributed by atoms with Gasteiger partial charge < -0.3 is 14.6 Å². The second-order valence-electron chi connectivity index (χ2n) is 5.83. The minimum absolute atomic E-state index is 0.131. The summed E-state index contributed by atoms with van der Waals surface area (Å²) in [5, 5.41) is 0. The van der Waals surface area contributed by atoms with Crippen LogP contribution in [0.2, 0.25) is 0 Å². The number of rotatable bonds is 5. The summed E-state index contributed by atoms with van der Waals surface area (Å²) in [7, 11) is -3.58. The number of hydrogen-bond donors (Lipinski definition) is 1. The Morgan fingerprint density at radius 2 is 1.85 bits per heavy atom. The third-order valence-electron chi connectivity index (χ3n) is 4.18. The monoisotopic (exact) mass is 441 g/mol. The van der Waals surface area contributed by atoms with Crippen molar-refractivity contribution in [2.45, 2.75) is 11.8 Å². The maximum absolute atomic E-state index is 12.8. The molecule has 0 atom stereocenters. The minimum atomic E-state index is -3.58. The number of piperazine rings is 1. The van der Waals surface area contributed by atoms with Crippen LogP contribution in [0.25, 0.3) is 0 Å². The molecule has 0 aliphatic carbocycles. The summed E-state index contributed by atoms with van der Waals surface area (Å²) in [5.41, 5.74) is 0.486. The normalized spacial score (nSPS) is 15.8. The number of benzene rings is 1. The van der Waals surface area contributed by atoms with Gasteiger partial charge in [-0.25, -0.2) is 8.42 Å². The van der Waals surface area contributed by atoms with E-state index < -0.39 is 10.0 Å². The summed E-state index contributed by atoms with van der Waals surface area (Å²) in [6.07, 6.45) is 1.69. The lowest BCUT2D eigenvalue weighted by atomic mass is 10.3. The third-order valence-corrected chi connectivity index (χ3v) is 6.55. The number of aromatic nitrogens is 1. The molecule has 2 heterocycles. The molecule has 1 N–H and O–H groups in total. The fraction of sp³-hybridized carbons (Fsp3) is 0.353. The predicted molar refractivity (Wildman–Crippen MR) is 101 cm³/mol. The average molecular weight is 442 g/mol. The second kappa shape index (κ2) is 7.81. The molecule has 1 aromatic carbocycles. The highest BCUT2D eigenvalue weighted by molar-refractivity contribution is 9.10. The van der Waals surface area contributed by atoms with Gasteiger partial charge in [-0.05, 0) is 53.2 Å². The van der Waals surface area contributed by atoms with E-state index in [1.54, 1.807) is 41.4 Å². The van der Waals surface area contributed by atoms with E-state index in [1.807, 2.05) is 6.92 Å². The standard InChI is InChI=1S/C17H20BrN3O4S/c1-2-25-14-3-5-15(6-4-14)26(23,24)21-9-7-20(8-10-21)17(22)16-11-13(18)12-19-16/h3-6,11-12,19H,2,7-10H2,1H3. The van der Waals surface area contributed by atoms with Crippen LogP contribution in [0.5, 0.6) is 5.75 Å². The maximum atomic E-state index is 12.8. The molecule has 1 fully saturated rings. The Hall–Kier alpha value is -1.84. The SMILES string of the molecule is CCOc1ccc(S(=O)(=O)N2CCN(C(=O)c3cc(Br)c[nH]3)CC2)cc1. The molecule has 1 aliphatic heterocycles. The zero-order valence-electron chi connectivity index (χ0n) is 14.3. The third kappa shape index (κ3) is 3.94. The van der Waals surface area contributed by atoms with Crippen LogP contribution in [0, 0.1) is 0 Å². The topological polar surface area (TPSA) is 82.7 Å². The van der Waals surface area contributed by atoms with Gasteiger partial charge in [0.05, 0.1) is 11.5 Å². The van der Waals surface area contributed by atoms with E-state index in [1.165, 1.54) is 4.31 Å². The van der Waals surface area contributed by atoms with Crippen LogP contribution in [0.1, 0.15) is 17.4 Å². The molecular formula is C17H20BrN3O4S. The first kappa shape index (κ1) is 18.9. The first-order chi connectivity index (χ1) is 12.4. The number of halogens is 1. The van der Waals surface area contributed by atoms with Crippen molar-refractivity contribution in [3.63, 3.8) is 0 Å². The Morgan fingerprint density at radius 3 is 2.38 bits per heavy atom. The van der Waals surface area contributed by atoms with Crippen molar-refractivity contribution < 1.29 is 17.9 Å². The van der Waals surface area contributed by atoms with Gasteiger partial charge in [0.1, 0.15) is 11.4 Å². The van der Waals surface area contributed by atoms with Gasteiger partial charge in [-0.2, -0.15) is 4.31 Å². The zero-order valence-corrected chi connectivity index (χ0v) is 16.7. The van der Waals surface area contributed by atoms with Crippen LogP contribution < -0.4 is 4.74 Å². The molecule has 7 nitrogen and oxygen atoms in total. The molecule has 0 unspecified atom stereocenters. The number of aromatic amines is 1. The summed E-state index contributed by atoms with van der Waals surface area (Å²) < 4.78 is 33.1. The highest BCUT2D eigenvalue weighted by atomic mass is 79.9. The molecule has 1 aromatic heterocycles. The van der Waals surface area contributed by atoms with Crippen LogP contribution in [0.4, 0.5) is 0 Å². The summed E-state index contributed by atoms with van der Waals surface area (Å²) in [6.45, 7) is 3.64. The Kier molecular flexibility index (Phi) is 5.69. The van der Waals surface area contributed by atoms with Gasteiger partial charge in [0.25, 0.3) is 5.91 Å². The van der Waals surface area contributed by atoms with Crippen LogP contribution in [-0.4, -0.2) is 61.3 Å². The maximum Gasteiger partial charge on any atom is 0.270 e. The molecular weight excluding hydrogens is 422 g/mol. The molecule has 9 heteroatoms. The number of hydrogen-bond acceptors (Lipinski definition) is 4. The minimum Gasteiger partial charge on any atom is -0.494 e. The lowest BCUT2D eigenvalue weighted by molar-refractivity contribution is 0.0692. The van der Waals surface area contributed by atoms with Gasteiger partial charge in [-0.3, -0.25) is 4.79 Å². The van der Waals surface area contributed by atoms with E-state index in [0.717, 1.165) is 4.47 Å². The molecule has 0 spiro atoms. The summed E-state index contributed by atoms with van der Waals surface area (Å²) in [5.74, 6) is 0.507. The number of sulfonamides is 1. The number of nitrogens with one attached hydrogen (secondary N) is 1. The molecule has 140 valence electrons. The molecule has 2 aromatic rings. The first-order valence-corrected chi connectivity index (χ1v) is 10.5. The van der Waals surface area contributed by atoms with Crippen LogP contribution in [0.15, 0.2) is 45.9 Å². The fourth-order valence-electron chi connectivity index (χ4n) is 2.82. The van der Waals surface area contributed by atoms with Crippen molar-refractivity contribution in [3.8, 4) is 5.75 Å². The summed E-state index contributed by atoms with van der Waals surface area (Å²) in [6, 6.07) is 8.12. The summed E-state index contributed by atoms with van der Waals surface area (Å²) >= 11 is 3.30. The highest BCUT2D eigenvalue weighted by Crippen LogP contribution is 2.21. The Morgan fingerprint density at radius 1 is 1.19 bits per heavy atom. The number of carbonyl (C=O) groups excluding carboxylic acids is 1. The van der Waals surface area contributed by atoms with Gasteiger partial charge in [0, 0.05) is 36.8 Å². The second-order valence-corrected chi connectivity index (χ2v) is 8.69. The number of ether oxygens (including phenoxy) is 1. The lowest BCUT2D eigenvalue weighted by Gasteiger charge is -2.33. The van der Waals surface area contributed by atoms with Crippen LogP contribution in [0.3, 0.4) is 0 Å². The van der Waals surface area contributed by atoms with Gasteiger partial charge in [0.15, 0.2) is 0 Å². The zero-order chi connectivity index (χ0) is 18.7. The van der Waals surface area contributed by atoms with E-state index in [4.69, 9.17) is 4.74 Å². The highest BCUT2D eigenvalue weighted by Gasteiger charge is 2.30. The molecule has 26 heavy (non-hydrogen) atoms. The predicted octanol–water partition coefficient (Wildman–Crippen LogP) is 2.32. The van der Waals surface area contributed by atoms with Crippen LogP contribution >= 0.6 is 15.9 Å². The number of H-pyrrole nitrogens is 1.